The number of rotatable bonds is 1. The lowest BCUT2D eigenvalue weighted by atomic mass is 9.67. The third kappa shape index (κ3) is 1.35. The van der Waals surface area contributed by atoms with E-state index in [1.807, 2.05) is 7.11 Å². The number of hydrogen-bond acceptors (Lipinski definition) is 1. The Morgan fingerprint density at radius 2 is 2.11 bits per heavy atom. The molecule has 0 saturated heterocycles. The predicted molar refractivity (Wildman–Crippen MR) is 77.3 cm³/mol. The van der Waals surface area contributed by atoms with E-state index in [1.54, 1.807) is 0 Å². The van der Waals surface area contributed by atoms with Crippen LogP contribution in [0.1, 0.15) is 44.5 Å². The van der Waals surface area contributed by atoms with E-state index >= 15 is 0 Å². The average Bonchev–Trinajstić information content (AvgIpc) is 2.92. The molecule has 0 N–H and O–H groups in total. The van der Waals surface area contributed by atoms with Crippen molar-refractivity contribution in [1.82, 2.24) is 4.57 Å². The highest BCUT2D eigenvalue weighted by Crippen LogP contribution is 2.55. The van der Waals surface area contributed by atoms with Gasteiger partial charge in [0.15, 0.2) is 0 Å². The molecular formula is C17H21NO. The third-order valence-corrected chi connectivity index (χ3v) is 5.45. The number of nitrogens with zero attached hydrogens (tertiary/aromatic N) is 1. The smallest absolute Gasteiger partial charge is 0.137 e. The Morgan fingerprint density at radius 3 is 2.95 bits per heavy atom. The van der Waals surface area contributed by atoms with Crippen LogP contribution in [0, 0.1) is 5.92 Å². The maximum atomic E-state index is 5.90. The summed E-state index contributed by atoms with van der Waals surface area (Å²) in [6.45, 7) is 2.44. The van der Waals surface area contributed by atoms with E-state index in [2.05, 4.69) is 41.8 Å². The Hall–Kier alpha value is -1.28. The van der Waals surface area contributed by atoms with Crippen molar-refractivity contribution in [3.63, 3.8) is 0 Å². The normalized spacial score (nSPS) is 33.4. The molecule has 1 fully saturated rings. The second-order valence-electron chi connectivity index (χ2n) is 6.35. The number of para-hydroxylation sites is 1. The molecule has 2 heterocycles. The number of aromatic nitrogens is 1. The minimum absolute atomic E-state index is 0.222. The highest BCUT2D eigenvalue weighted by atomic mass is 16.5. The van der Waals surface area contributed by atoms with Crippen LogP contribution in [0.2, 0.25) is 0 Å². The van der Waals surface area contributed by atoms with Crippen molar-refractivity contribution in [2.75, 3.05) is 7.11 Å². The van der Waals surface area contributed by atoms with Gasteiger partial charge in [-0.3, -0.25) is 0 Å². The van der Waals surface area contributed by atoms with Crippen LogP contribution < -0.4 is 0 Å². The van der Waals surface area contributed by atoms with Gasteiger partial charge in [0, 0.05) is 24.1 Å². The topological polar surface area (TPSA) is 14.2 Å². The fourth-order valence-electron chi connectivity index (χ4n) is 4.48. The summed E-state index contributed by atoms with van der Waals surface area (Å²) in [6, 6.07) is 11.1. The van der Waals surface area contributed by atoms with Crippen LogP contribution in [0.3, 0.4) is 0 Å². The van der Waals surface area contributed by atoms with Gasteiger partial charge in [0.1, 0.15) is 6.23 Å². The predicted octanol–water partition coefficient (Wildman–Crippen LogP) is 4.25. The van der Waals surface area contributed by atoms with Crippen LogP contribution in [0.25, 0.3) is 10.9 Å². The van der Waals surface area contributed by atoms with Gasteiger partial charge in [-0.25, -0.2) is 0 Å². The molecule has 1 saturated carbocycles. The molecular weight excluding hydrogens is 234 g/mol. The highest BCUT2D eigenvalue weighted by molar-refractivity contribution is 5.82. The molecule has 1 aromatic heterocycles. The fraction of sp³-hybridized carbons (Fsp3) is 0.529. The molecule has 3 atom stereocenters. The van der Waals surface area contributed by atoms with Crippen molar-refractivity contribution in [2.45, 2.75) is 44.2 Å². The van der Waals surface area contributed by atoms with Gasteiger partial charge >= 0.3 is 0 Å². The van der Waals surface area contributed by atoms with Crippen LogP contribution in [0.15, 0.2) is 30.3 Å². The van der Waals surface area contributed by atoms with Gasteiger partial charge in [0.2, 0.25) is 0 Å². The summed E-state index contributed by atoms with van der Waals surface area (Å²) in [5.74, 6) is 0.644. The Labute approximate surface area is 114 Å². The Kier molecular flexibility index (Phi) is 2.34. The van der Waals surface area contributed by atoms with Gasteiger partial charge < -0.3 is 9.30 Å². The summed E-state index contributed by atoms with van der Waals surface area (Å²) >= 11 is 0. The first kappa shape index (κ1) is 11.5. The highest BCUT2D eigenvalue weighted by Gasteiger charge is 2.51. The lowest BCUT2D eigenvalue weighted by Gasteiger charge is -2.37. The van der Waals surface area contributed by atoms with Gasteiger partial charge in [-0.1, -0.05) is 38.0 Å². The zero-order valence-electron chi connectivity index (χ0n) is 11.7. The number of methoxy groups -OCH3 is 1. The van der Waals surface area contributed by atoms with E-state index in [-0.39, 0.29) is 6.23 Å². The summed E-state index contributed by atoms with van der Waals surface area (Å²) in [6.07, 6.45) is 5.52. The van der Waals surface area contributed by atoms with Crippen molar-refractivity contribution in [1.29, 1.82) is 0 Å². The van der Waals surface area contributed by atoms with Crippen molar-refractivity contribution in [3.8, 4) is 0 Å². The first-order chi connectivity index (χ1) is 9.25. The quantitative estimate of drug-likeness (QED) is 0.743. The molecule has 2 heteroatoms. The molecule has 0 amide bonds. The van der Waals surface area contributed by atoms with Crippen LogP contribution in [-0.4, -0.2) is 11.7 Å². The molecule has 1 aliphatic heterocycles. The first-order valence-corrected chi connectivity index (χ1v) is 7.39. The van der Waals surface area contributed by atoms with E-state index in [0.717, 1.165) is 0 Å². The number of fused-ring (bicyclic) bond motifs is 5. The summed E-state index contributed by atoms with van der Waals surface area (Å²) in [5.41, 5.74) is 3.13. The molecule has 0 bridgehead atoms. The van der Waals surface area contributed by atoms with Crippen LogP contribution in [-0.2, 0) is 10.2 Å². The molecule has 2 nitrogen and oxygen atoms in total. The number of ether oxygens (including phenoxy) is 1. The van der Waals surface area contributed by atoms with E-state index in [4.69, 9.17) is 4.74 Å². The molecule has 1 aliphatic carbocycles. The fourth-order valence-corrected chi connectivity index (χ4v) is 4.48. The van der Waals surface area contributed by atoms with E-state index in [9.17, 15) is 0 Å². The Balaban J connectivity index is 2.00. The third-order valence-electron chi connectivity index (χ3n) is 5.45. The van der Waals surface area contributed by atoms with E-state index < -0.39 is 0 Å². The van der Waals surface area contributed by atoms with Crippen LogP contribution in [0.4, 0.5) is 0 Å². The monoisotopic (exact) mass is 255 g/mol. The number of benzene rings is 1. The summed E-state index contributed by atoms with van der Waals surface area (Å²) in [4.78, 5) is 0. The SMILES string of the molecule is CO[C@H]1[C@H]2CCCC[C@]2(C)c2cc3ccccc3n21. The second-order valence-corrected chi connectivity index (χ2v) is 6.35. The van der Waals surface area contributed by atoms with E-state index in [0.29, 0.717) is 11.3 Å². The van der Waals surface area contributed by atoms with Gasteiger partial charge in [-0.2, -0.15) is 0 Å². The lowest BCUT2D eigenvalue weighted by molar-refractivity contribution is -0.0158. The zero-order chi connectivity index (χ0) is 13.0. The zero-order valence-corrected chi connectivity index (χ0v) is 11.7. The van der Waals surface area contributed by atoms with Crippen molar-refractivity contribution < 1.29 is 4.74 Å². The maximum absolute atomic E-state index is 5.90. The van der Waals surface area contributed by atoms with Gasteiger partial charge in [-0.15, -0.1) is 0 Å². The first-order valence-electron chi connectivity index (χ1n) is 7.39. The molecule has 0 spiro atoms. The summed E-state index contributed by atoms with van der Waals surface area (Å²) in [7, 11) is 1.86. The van der Waals surface area contributed by atoms with Gasteiger partial charge in [0.05, 0.1) is 5.52 Å². The maximum Gasteiger partial charge on any atom is 0.137 e. The molecule has 4 rings (SSSR count). The van der Waals surface area contributed by atoms with Crippen LogP contribution in [0.5, 0.6) is 0 Å². The van der Waals surface area contributed by atoms with Crippen molar-refractivity contribution in [2.24, 2.45) is 5.92 Å². The van der Waals surface area contributed by atoms with Crippen molar-refractivity contribution in [3.05, 3.63) is 36.0 Å². The molecule has 1 aromatic carbocycles. The molecule has 100 valence electrons. The molecule has 2 aliphatic rings. The Morgan fingerprint density at radius 1 is 1.26 bits per heavy atom. The molecule has 19 heavy (non-hydrogen) atoms. The molecule has 0 unspecified atom stereocenters. The van der Waals surface area contributed by atoms with Crippen molar-refractivity contribution >= 4 is 10.9 Å². The Bertz CT molecular complexity index is 629. The standard InChI is InChI=1S/C17H21NO/c1-17-10-6-5-8-13(17)16(19-2)18-14-9-4-3-7-12(14)11-15(17)18/h3-4,7,9,11,13,16H,5-6,8,10H2,1-2H3/t13-,16+,17+/m1/s1. The average molecular weight is 255 g/mol. The second kappa shape index (κ2) is 3.86. The molecule has 2 aromatic rings. The minimum Gasteiger partial charge on any atom is -0.361 e. The van der Waals surface area contributed by atoms with E-state index in [1.165, 1.54) is 42.3 Å². The lowest BCUT2D eigenvalue weighted by Crippen LogP contribution is -2.33. The number of hydrogen-bond donors (Lipinski definition) is 0. The largest absolute Gasteiger partial charge is 0.361 e. The summed E-state index contributed by atoms with van der Waals surface area (Å²) < 4.78 is 8.37. The van der Waals surface area contributed by atoms with Crippen LogP contribution >= 0.6 is 0 Å². The van der Waals surface area contributed by atoms with Gasteiger partial charge in [-0.05, 0) is 30.4 Å². The molecule has 0 radical (unpaired) electrons. The summed E-state index contributed by atoms with van der Waals surface area (Å²) in [5, 5.41) is 1.35. The van der Waals surface area contributed by atoms with Gasteiger partial charge in [0.25, 0.3) is 0 Å². The minimum atomic E-state index is 0.222.